The summed E-state index contributed by atoms with van der Waals surface area (Å²) in [7, 11) is 1.47. The minimum Gasteiger partial charge on any atom is -0.496 e. The van der Waals surface area contributed by atoms with Gasteiger partial charge in [0.15, 0.2) is 0 Å². The maximum atomic E-state index is 14.1. The van der Waals surface area contributed by atoms with Crippen LogP contribution in [0.1, 0.15) is 16.7 Å². The van der Waals surface area contributed by atoms with Gasteiger partial charge in [0.2, 0.25) is 0 Å². The van der Waals surface area contributed by atoms with Gasteiger partial charge in [-0.1, -0.05) is 47.5 Å². The van der Waals surface area contributed by atoms with Gasteiger partial charge in [-0.05, 0) is 53.6 Å². The van der Waals surface area contributed by atoms with Gasteiger partial charge in [0.25, 0.3) is 5.91 Å². The van der Waals surface area contributed by atoms with Gasteiger partial charge < -0.3 is 10.1 Å². The highest BCUT2D eigenvalue weighted by molar-refractivity contribution is 6.32. The van der Waals surface area contributed by atoms with Gasteiger partial charge in [-0.25, -0.2) is 4.39 Å². The van der Waals surface area contributed by atoms with Gasteiger partial charge in [-0.15, -0.1) is 0 Å². The van der Waals surface area contributed by atoms with Crippen LogP contribution in [0.2, 0.25) is 10.0 Å². The van der Waals surface area contributed by atoms with E-state index in [9.17, 15) is 14.4 Å². The van der Waals surface area contributed by atoms with Gasteiger partial charge in [0, 0.05) is 27.7 Å². The molecule has 1 amide bonds. The zero-order valence-electron chi connectivity index (χ0n) is 16.5. The standard InChI is InChI=1S/C24H17Cl2FN2O2/c1-31-23-11-15(10-21(26)20(23)12-16-5-2-3-8-22(16)27)9-17(14-28)24(30)29-19-7-4-6-18(25)13-19/h2-11,13H,12H2,1H3,(H,29,30)/b17-9+. The largest absolute Gasteiger partial charge is 0.496 e. The first kappa shape index (κ1) is 22.4. The summed E-state index contributed by atoms with van der Waals surface area (Å²) in [5, 5.41) is 12.9. The van der Waals surface area contributed by atoms with E-state index in [1.54, 1.807) is 54.6 Å². The Morgan fingerprint density at radius 3 is 2.61 bits per heavy atom. The molecular weight excluding hydrogens is 438 g/mol. The van der Waals surface area contributed by atoms with Crippen LogP contribution < -0.4 is 10.1 Å². The van der Waals surface area contributed by atoms with Crippen LogP contribution in [-0.4, -0.2) is 13.0 Å². The topological polar surface area (TPSA) is 62.1 Å². The summed E-state index contributed by atoms with van der Waals surface area (Å²) in [6.07, 6.45) is 1.64. The Hall–Kier alpha value is -3.33. The number of methoxy groups -OCH3 is 1. The number of hydrogen-bond acceptors (Lipinski definition) is 3. The van der Waals surface area contributed by atoms with E-state index in [1.807, 2.05) is 6.07 Å². The fourth-order valence-electron chi connectivity index (χ4n) is 2.98. The molecule has 0 fully saturated rings. The fourth-order valence-corrected chi connectivity index (χ4v) is 3.46. The maximum absolute atomic E-state index is 14.1. The van der Waals surface area contributed by atoms with E-state index in [0.717, 1.165) is 0 Å². The number of ether oxygens (including phenoxy) is 1. The number of anilines is 1. The quantitative estimate of drug-likeness (QED) is 0.352. The molecule has 7 heteroatoms. The molecule has 3 aromatic carbocycles. The lowest BCUT2D eigenvalue weighted by Gasteiger charge is -2.13. The Kier molecular flexibility index (Phi) is 7.30. The van der Waals surface area contributed by atoms with Gasteiger partial charge in [0.1, 0.15) is 23.2 Å². The molecule has 0 aliphatic carbocycles. The molecule has 0 aromatic heterocycles. The third-order valence-electron chi connectivity index (χ3n) is 4.48. The Labute approximate surface area is 189 Å². The lowest BCUT2D eigenvalue weighted by Crippen LogP contribution is -2.13. The maximum Gasteiger partial charge on any atom is 0.266 e. The summed E-state index contributed by atoms with van der Waals surface area (Å²) in [5.41, 5.74) is 1.92. The molecule has 31 heavy (non-hydrogen) atoms. The zero-order valence-corrected chi connectivity index (χ0v) is 18.0. The first-order chi connectivity index (χ1) is 14.9. The highest BCUT2D eigenvalue weighted by Gasteiger charge is 2.15. The summed E-state index contributed by atoms with van der Waals surface area (Å²) in [4.78, 5) is 12.5. The van der Waals surface area contributed by atoms with Crippen LogP contribution in [0.4, 0.5) is 10.1 Å². The van der Waals surface area contributed by atoms with E-state index in [1.165, 1.54) is 19.3 Å². The molecule has 0 heterocycles. The third kappa shape index (κ3) is 5.64. The van der Waals surface area contributed by atoms with Gasteiger partial charge in [0.05, 0.1) is 7.11 Å². The first-order valence-electron chi connectivity index (χ1n) is 9.19. The van der Waals surface area contributed by atoms with Crippen LogP contribution in [0.5, 0.6) is 5.75 Å². The van der Waals surface area contributed by atoms with Crippen LogP contribution in [0.25, 0.3) is 6.08 Å². The molecular formula is C24H17Cl2FN2O2. The molecule has 0 saturated carbocycles. The number of rotatable bonds is 6. The highest BCUT2D eigenvalue weighted by Crippen LogP contribution is 2.32. The summed E-state index contributed by atoms with van der Waals surface area (Å²) in [5.74, 6) is -0.501. The molecule has 0 saturated heterocycles. The molecule has 4 nitrogen and oxygen atoms in total. The molecule has 0 spiro atoms. The summed E-state index contributed by atoms with van der Waals surface area (Å²) in [6.45, 7) is 0. The number of carbonyl (C=O) groups excluding carboxylic acids is 1. The summed E-state index contributed by atoms with van der Waals surface area (Å²) < 4.78 is 19.5. The molecule has 0 bridgehead atoms. The summed E-state index contributed by atoms with van der Waals surface area (Å²) in [6, 6.07) is 18.1. The minimum atomic E-state index is -0.588. The second-order valence-electron chi connectivity index (χ2n) is 6.59. The molecule has 0 unspecified atom stereocenters. The number of halogens is 3. The van der Waals surface area contributed by atoms with Crippen molar-refractivity contribution in [3.63, 3.8) is 0 Å². The highest BCUT2D eigenvalue weighted by atomic mass is 35.5. The van der Waals surface area contributed by atoms with E-state index < -0.39 is 5.91 Å². The van der Waals surface area contributed by atoms with Crippen molar-refractivity contribution >= 4 is 40.9 Å². The van der Waals surface area contributed by atoms with Crippen molar-refractivity contribution in [3.05, 3.63) is 98.8 Å². The molecule has 0 aliphatic heterocycles. The third-order valence-corrected chi connectivity index (χ3v) is 5.05. The van der Waals surface area contributed by atoms with Crippen molar-refractivity contribution < 1.29 is 13.9 Å². The number of nitrogens with one attached hydrogen (secondary N) is 1. The van der Waals surface area contributed by atoms with Crippen LogP contribution in [0.3, 0.4) is 0 Å². The average molecular weight is 455 g/mol. The Morgan fingerprint density at radius 1 is 1.16 bits per heavy atom. The lowest BCUT2D eigenvalue weighted by molar-refractivity contribution is -0.112. The minimum absolute atomic E-state index is 0.125. The number of hydrogen-bond donors (Lipinski definition) is 1. The van der Waals surface area contributed by atoms with Crippen molar-refractivity contribution in [2.45, 2.75) is 6.42 Å². The zero-order chi connectivity index (χ0) is 22.4. The number of amides is 1. The smallest absolute Gasteiger partial charge is 0.266 e. The van der Waals surface area contributed by atoms with Crippen LogP contribution >= 0.6 is 23.2 Å². The molecule has 3 aromatic rings. The molecule has 156 valence electrons. The van der Waals surface area contributed by atoms with E-state index in [4.69, 9.17) is 27.9 Å². The number of nitriles is 1. The number of carbonyl (C=O) groups is 1. The van der Waals surface area contributed by atoms with Crippen LogP contribution in [0.15, 0.2) is 66.2 Å². The molecule has 0 radical (unpaired) electrons. The van der Waals surface area contributed by atoms with Crippen molar-refractivity contribution in [1.29, 1.82) is 5.26 Å². The summed E-state index contributed by atoms with van der Waals surface area (Å²) >= 11 is 12.4. The van der Waals surface area contributed by atoms with E-state index in [0.29, 0.717) is 38.2 Å². The number of nitrogens with zero attached hydrogens (tertiary/aromatic N) is 1. The Balaban J connectivity index is 1.90. The van der Waals surface area contributed by atoms with Crippen molar-refractivity contribution in [2.24, 2.45) is 0 Å². The second kappa shape index (κ2) is 10.1. The van der Waals surface area contributed by atoms with Gasteiger partial charge in [-0.3, -0.25) is 4.79 Å². The van der Waals surface area contributed by atoms with Gasteiger partial charge >= 0.3 is 0 Å². The van der Waals surface area contributed by atoms with E-state index in [2.05, 4.69) is 5.32 Å². The molecule has 3 rings (SSSR count). The molecule has 0 aliphatic rings. The predicted octanol–water partition coefficient (Wildman–Crippen LogP) is 6.28. The second-order valence-corrected chi connectivity index (χ2v) is 7.43. The van der Waals surface area contributed by atoms with Crippen molar-refractivity contribution in [1.82, 2.24) is 0 Å². The van der Waals surface area contributed by atoms with E-state index >= 15 is 0 Å². The van der Waals surface area contributed by atoms with Gasteiger partial charge in [-0.2, -0.15) is 5.26 Å². The first-order valence-corrected chi connectivity index (χ1v) is 9.95. The average Bonchev–Trinajstić information content (AvgIpc) is 2.74. The van der Waals surface area contributed by atoms with Crippen molar-refractivity contribution in [2.75, 3.05) is 12.4 Å². The lowest BCUT2D eigenvalue weighted by atomic mass is 10.0. The predicted molar refractivity (Wildman–Crippen MR) is 121 cm³/mol. The molecule has 0 atom stereocenters. The number of benzene rings is 3. The Bertz CT molecular complexity index is 1200. The SMILES string of the molecule is COc1cc(/C=C(\C#N)C(=O)Nc2cccc(Cl)c2)cc(Cl)c1Cc1ccccc1F. The normalized spacial score (nSPS) is 11.0. The molecule has 1 N–H and O–H groups in total. The Morgan fingerprint density at radius 2 is 1.94 bits per heavy atom. The van der Waals surface area contributed by atoms with Crippen LogP contribution in [-0.2, 0) is 11.2 Å². The monoisotopic (exact) mass is 454 g/mol. The van der Waals surface area contributed by atoms with E-state index in [-0.39, 0.29) is 17.8 Å². The fraction of sp³-hybridized carbons (Fsp3) is 0.0833. The van der Waals surface area contributed by atoms with Crippen molar-refractivity contribution in [3.8, 4) is 11.8 Å². The van der Waals surface area contributed by atoms with Crippen LogP contribution in [0, 0.1) is 17.1 Å².